The van der Waals surface area contributed by atoms with Gasteiger partial charge in [0, 0.05) is 6.54 Å². The molecular formula is C24H25NO3. The summed E-state index contributed by atoms with van der Waals surface area (Å²) in [6, 6.07) is 25.2. The summed E-state index contributed by atoms with van der Waals surface area (Å²) in [7, 11) is 0. The van der Waals surface area contributed by atoms with Gasteiger partial charge in [0.25, 0.3) is 5.91 Å². The molecule has 0 saturated carbocycles. The Balaban J connectivity index is 1.83. The second kappa shape index (κ2) is 10.2. The van der Waals surface area contributed by atoms with E-state index in [9.17, 15) is 4.79 Å². The van der Waals surface area contributed by atoms with Gasteiger partial charge in [0.1, 0.15) is 13.2 Å². The SMILES string of the molecule is CCCNC(=O)c1cccc(OCc2ccccc2)c1OCc1ccccc1. The fourth-order valence-electron chi connectivity index (χ4n) is 2.76. The molecule has 28 heavy (non-hydrogen) atoms. The molecule has 0 bridgehead atoms. The first-order valence-corrected chi connectivity index (χ1v) is 9.52. The van der Waals surface area contributed by atoms with Crippen LogP contribution in [-0.4, -0.2) is 12.5 Å². The fraction of sp³-hybridized carbons (Fsp3) is 0.208. The van der Waals surface area contributed by atoms with E-state index < -0.39 is 0 Å². The van der Waals surface area contributed by atoms with Gasteiger partial charge in [-0.15, -0.1) is 0 Å². The zero-order valence-electron chi connectivity index (χ0n) is 16.1. The number of ether oxygens (including phenoxy) is 2. The third-order valence-corrected chi connectivity index (χ3v) is 4.22. The lowest BCUT2D eigenvalue weighted by Crippen LogP contribution is -2.24. The molecule has 0 aliphatic rings. The van der Waals surface area contributed by atoms with Gasteiger partial charge in [-0.25, -0.2) is 0 Å². The number of nitrogens with one attached hydrogen (secondary N) is 1. The normalized spacial score (nSPS) is 10.3. The van der Waals surface area contributed by atoms with Gasteiger partial charge in [0.15, 0.2) is 11.5 Å². The monoisotopic (exact) mass is 375 g/mol. The summed E-state index contributed by atoms with van der Waals surface area (Å²) >= 11 is 0. The second-order valence-corrected chi connectivity index (χ2v) is 6.44. The van der Waals surface area contributed by atoms with Crippen LogP contribution in [0.1, 0.15) is 34.8 Å². The molecule has 1 amide bonds. The highest BCUT2D eigenvalue weighted by Crippen LogP contribution is 2.33. The molecule has 0 radical (unpaired) electrons. The van der Waals surface area contributed by atoms with Crippen molar-refractivity contribution in [2.45, 2.75) is 26.6 Å². The first-order chi connectivity index (χ1) is 13.8. The van der Waals surface area contributed by atoms with E-state index in [1.165, 1.54) is 0 Å². The van der Waals surface area contributed by atoms with Crippen molar-refractivity contribution in [2.75, 3.05) is 6.54 Å². The van der Waals surface area contributed by atoms with E-state index in [0.29, 0.717) is 36.8 Å². The summed E-state index contributed by atoms with van der Waals surface area (Å²) in [5.41, 5.74) is 2.56. The number of rotatable bonds is 9. The standard InChI is InChI=1S/C24H25NO3/c1-2-16-25-24(26)21-14-9-15-22(27-17-19-10-5-3-6-11-19)23(21)28-18-20-12-7-4-8-13-20/h3-15H,2,16-18H2,1H3,(H,25,26). The molecular weight excluding hydrogens is 350 g/mol. The summed E-state index contributed by atoms with van der Waals surface area (Å²) in [6.07, 6.45) is 0.871. The van der Waals surface area contributed by atoms with Crippen LogP contribution in [0.2, 0.25) is 0 Å². The smallest absolute Gasteiger partial charge is 0.255 e. The lowest BCUT2D eigenvalue weighted by atomic mass is 10.1. The fourth-order valence-corrected chi connectivity index (χ4v) is 2.76. The Bertz CT molecular complexity index is 879. The molecule has 0 heterocycles. The quantitative estimate of drug-likeness (QED) is 0.573. The van der Waals surface area contributed by atoms with Crippen LogP contribution in [0, 0.1) is 0 Å². The number of carbonyl (C=O) groups excluding carboxylic acids is 1. The Morgan fingerprint density at radius 2 is 1.39 bits per heavy atom. The van der Waals surface area contributed by atoms with Gasteiger partial charge in [0.2, 0.25) is 0 Å². The Morgan fingerprint density at radius 3 is 2.00 bits per heavy atom. The van der Waals surface area contributed by atoms with Crippen molar-refractivity contribution in [3.8, 4) is 11.5 Å². The van der Waals surface area contributed by atoms with Crippen LogP contribution >= 0.6 is 0 Å². The predicted octanol–water partition coefficient (Wildman–Crippen LogP) is 4.98. The van der Waals surface area contributed by atoms with Crippen molar-refractivity contribution in [3.05, 3.63) is 95.6 Å². The third-order valence-electron chi connectivity index (χ3n) is 4.22. The van der Waals surface area contributed by atoms with Gasteiger partial charge < -0.3 is 14.8 Å². The maximum atomic E-state index is 12.6. The first-order valence-electron chi connectivity index (χ1n) is 9.52. The van der Waals surface area contributed by atoms with E-state index in [-0.39, 0.29) is 5.91 Å². The molecule has 0 saturated heterocycles. The van der Waals surface area contributed by atoms with Crippen molar-refractivity contribution in [2.24, 2.45) is 0 Å². The van der Waals surface area contributed by atoms with E-state index in [4.69, 9.17) is 9.47 Å². The number of carbonyl (C=O) groups is 1. The topological polar surface area (TPSA) is 47.6 Å². The minimum absolute atomic E-state index is 0.157. The van der Waals surface area contributed by atoms with E-state index in [1.54, 1.807) is 6.07 Å². The summed E-state index contributed by atoms with van der Waals surface area (Å²) in [4.78, 5) is 12.6. The Hall–Kier alpha value is -3.27. The first kappa shape index (κ1) is 19.5. The molecule has 0 aliphatic carbocycles. The average Bonchev–Trinajstić information content (AvgIpc) is 2.76. The van der Waals surface area contributed by atoms with Crippen molar-refractivity contribution >= 4 is 5.91 Å². The van der Waals surface area contributed by atoms with Crippen molar-refractivity contribution in [1.82, 2.24) is 5.32 Å². The molecule has 1 N–H and O–H groups in total. The van der Waals surface area contributed by atoms with Crippen LogP contribution in [0.15, 0.2) is 78.9 Å². The Kier molecular flexibility index (Phi) is 7.08. The number of benzene rings is 3. The molecule has 3 rings (SSSR count). The van der Waals surface area contributed by atoms with E-state index in [1.807, 2.05) is 79.7 Å². The van der Waals surface area contributed by atoms with Gasteiger partial charge >= 0.3 is 0 Å². The van der Waals surface area contributed by atoms with Gasteiger partial charge in [0.05, 0.1) is 5.56 Å². The number of hydrogen-bond donors (Lipinski definition) is 1. The molecule has 3 aromatic carbocycles. The van der Waals surface area contributed by atoms with Gasteiger partial charge in [-0.1, -0.05) is 73.7 Å². The van der Waals surface area contributed by atoms with Gasteiger partial charge in [-0.2, -0.15) is 0 Å². The molecule has 0 aromatic heterocycles. The molecule has 0 unspecified atom stereocenters. The summed E-state index contributed by atoms with van der Waals surface area (Å²) in [5, 5.41) is 2.91. The van der Waals surface area contributed by atoms with Crippen LogP contribution < -0.4 is 14.8 Å². The molecule has 144 valence electrons. The molecule has 4 heteroatoms. The Labute approximate surface area is 166 Å². The van der Waals surface area contributed by atoms with E-state index in [2.05, 4.69) is 5.32 Å². The minimum Gasteiger partial charge on any atom is -0.485 e. The summed E-state index contributed by atoms with van der Waals surface area (Å²) < 4.78 is 12.1. The second-order valence-electron chi connectivity index (χ2n) is 6.44. The summed E-state index contributed by atoms with van der Waals surface area (Å²) in [5.74, 6) is 0.870. The molecule has 4 nitrogen and oxygen atoms in total. The molecule has 0 fully saturated rings. The maximum Gasteiger partial charge on any atom is 0.255 e. The number of para-hydroxylation sites is 1. The van der Waals surface area contributed by atoms with Crippen LogP contribution in [0.25, 0.3) is 0 Å². The molecule has 0 spiro atoms. The van der Waals surface area contributed by atoms with Crippen LogP contribution in [0.3, 0.4) is 0 Å². The molecule has 0 aliphatic heterocycles. The average molecular weight is 375 g/mol. The molecule has 3 aromatic rings. The van der Waals surface area contributed by atoms with Crippen LogP contribution in [0.5, 0.6) is 11.5 Å². The van der Waals surface area contributed by atoms with E-state index in [0.717, 1.165) is 17.5 Å². The molecule has 0 atom stereocenters. The highest BCUT2D eigenvalue weighted by Gasteiger charge is 2.17. The van der Waals surface area contributed by atoms with Gasteiger partial charge in [-0.3, -0.25) is 4.79 Å². The van der Waals surface area contributed by atoms with Gasteiger partial charge in [-0.05, 0) is 29.7 Å². The number of hydrogen-bond acceptors (Lipinski definition) is 3. The number of amides is 1. The maximum absolute atomic E-state index is 12.6. The van der Waals surface area contributed by atoms with E-state index >= 15 is 0 Å². The van der Waals surface area contributed by atoms with Crippen molar-refractivity contribution < 1.29 is 14.3 Å². The van der Waals surface area contributed by atoms with Crippen molar-refractivity contribution in [1.29, 1.82) is 0 Å². The largest absolute Gasteiger partial charge is 0.485 e. The van der Waals surface area contributed by atoms with Crippen molar-refractivity contribution in [3.63, 3.8) is 0 Å². The van der Waals surface area contributed by atoms with Crippen LogP contribution in [-0.2, 0) is 13.2 Å². The van der Waals surface area contributed by atoms with Crippen LogP contribution in [0.4, 0.5) is 0 Å². The lowest BCUT2D eigenvalue weighted by Gasteiger charge is -2.16. The predicted molar refractivity (Wildman–Crippen MR) is 111 cm³/mol. The minimum atomic E-state index is -0.157. The third kappa shape index (κ3) is 5.36. The highest BCUT2D eigenvalue weighted by molar-refractivity contribution is 5.97. The lowest BCUT2D eigenvalue weighted by molar-refractivity contribution is 0.0948. The zero-order chi connectivity index (χ0) is 19.6. The Morgan fingerprint density at radius 1 is 0.786 bits per heavy atom. The zero-order valence-corrected chi connectivity index (χ0v) is 16.1. The summed E-state index contributed by atoms with van der Waals surface area (Å²) in [6.45, 7) is 3.40. The highest BCUT2D eigenvalue weighted by atomic mass is 16.5.